The standard InChI is InChI=1S/C19H21FN2O2/c1-13-8-9-17(21-14(13)2)18(24)22-10-16(19(20,11-22)12-23)15-6-4-3-5-7-15/h3-9,16,23H,10-12H2,1-2H3. The minimum atomic E-state index is -1.84. The Hall–Kier alpha value is -2.27. The molecule has 1 N–H and O–H groups in total. The number of benzene rings is 1. The number of aryl methyl sites for hydroxylation is 2. The Morgan fingerprint density at radius 1 is 1.29 bits per heavy atom. The molecule has 1 aliphatic rings. The van der Waals surface area contributed by atoms with E-state index in [9.17, 15) is 9.90 Å². The van der Waals surface area contributed by atoms with E-state index >= 15 is 4.39 Å². The molecule has 1 saturated heterocycles. The van der Waals surface area contributed by atoms with Gasteiger partial charge in [0.2, 0.25) is 0 Å². The molecular formula is C19H21FN2O2. The summed E-state index contributed by atoms with van der Waals surface area (Å²) in [5, 5.41) is 9.58. The van der Waals surface area contributed by atoms with Crippen molar-refractivity contribution >= 4 is 5.91 Å². The highest BCUT2D eigenvalue weighted by molar-refractivity contribution is 5.92. The van der Waals surface area contributed by atoms with Gasteiger partial charge in [0, 0.05) is 18.2 Å². The van der Waals surface area contributed by atoms with Crippen molar-refractivity contribution in [2.45, 2.75) is 25.4 Å². The van der Waals surface area contributed by atoms with Gasteiger partial charge < -0.3 is 10.0 Å². The maximum absolute atomic E-state index is 15.2. The van der Waals surface area contributed by atoms with Gasteiger partial charge in [-0.05, 0) is 31.0 Å². The van der Waals surface area contributed by atoms with Crippen LogP contribution >= 0.6 is 0 Å². The Labute approximate surface area is 141 Å². The Bertz CT molecular complexity index is 750. The number of aliphatic hydroxyl groups excluding tert-OH is 1. The average molecular weight is 328 g/mol. The largest absolute Gasteiger partial charge is 0.393 e. The second-order valence-electron chi connectivity index (χ2n) is 6.44. The van der Waals surface area contributed by atoms with Crippen LogP contribution in [0.2, 0.25) is 0 Å². The lowest BCUT2D eigenvalue weighted by Crippen LogP contribution is -2.37. The highest BCUT2D eigenvalue weighted by atomic mass is 19.1. The van der Waals surface area contributed by atoms with Gasteiger partial charge in [-0.2, -0.15) is 0 Å². The molecule has 0 spiro atoms. The second-order valence-corrected chi connectivity index (χ2v) is 6.44. The minimum absolute atomic E-state index is 0.128. The minimum Gasteiger partial charge on any atom is -0.393 e. The van der Waals surface area contributed by atoms with Crippen molar-refractivity contribution in [3.63, 3.8) is 0 Å². The number of hydrogen-bond acceptors (Lipinski definition) is 3. The van der Waals surface area contributed by atoms with E-state index in [0.717, 1.165) is 16.8 Å². The zero-order valence-corrected chi connectivity index (χ0v) is 13.9. The van der Waals surface area contributed by atoms with E-state index in [2.05, 4.69) is 4.98 Å². The highest BCUT2D eigenvalue weighted by Gasteiger charge is 2.49. The van der Waals surface area contributed by atoms with Crippen molar-refractivity contribution in [1.29, 1.82) is 0 Å². The van der Waals surface area contributed by atoms with Crippen LogP contribution in [0.5, 0.6) is 0 Å². The lowest BCUT2D eigenvalue weighted by Gasteiger charge is -2.23. The molecule has 0 radical (unpaired) electrons. The number of nitrogens with zero attached hydrogens (tertiary/aromatic N) is 2. The quantitative estimate of drug-likeness (QED) is 0.942. The van der Waals surface area contributed by atoms with Crippen molar-refractivity contribution in [2.24, 2.45) is 0 Å². The van der Waals surface area contributed by atoms with Gasteiger partial charge in [0.1, 0.15) is 5.69 Å². The molecule has 5 heteroatoms. The zero-order chi connectivity index (χ0) is 17.3. The normalized spacial score (nSPS) is 23.5. The van der Waals surface area contributed by atoms with E-state index in [0.29, 0.717) is 5.69 Å². The Balaban J connectivity index is 1.88. The third kappa shape index (κ3) is 2.91. The molecule has 2 unspecified atom stereocenters. The summed E-state index contributed by atoms with van der Waals surface area (Å²) in [6.45, 7) is 3.26. The molecule has 1 aromatic carbocycles. The van der Waals surface area contributed by atoms with Crippen LogP contribution in [0.1, 0.15) is 33.2 Å². The number of pyridine rings is 1. The van der Waals surface area contributed by atoms with E-state index < -0.39 is 18.2 Å². The summed E-state index contributed by atoms with van der Waals surface area (Å²) in [5.74, 6) is -0.841. The molecule has 0 aliphatic carbocycles. The van der Waals surface area contributed by atoms with Gasteiger partial charge in [-0.1, -0.05) is 36.4 Å². The third-order valence-corrected chi connectivity index (χ3v) is 4.80. The van der Waals surface area contributed by atoms with Crippen molar-refractivity contribution in [1.82, 2.24) is 9.88 Å². The van der Waals surface area contributed by atoms with E-state index in [1.807, 2.05) is 50.2 Å². The highest BCUT2D eigenvalue weighted by Crippen LogP contribution is 2.39. The van der Waals surface area contributed by atoms with Crippen LogP contribution in [0, 0.1) is 13.8 Å². The summed E-state index contributed by atoms with van der Waals surface area (Å²) >= 11 is 0. The molecule has 1 amide bonds. The number of rotatable bonds is 3. The predicted octanol–water partition coefficient (Wildman–Crippen LogP) is 2.64. The summed E-state index contributed by atoms with van der Waals surface area (Å²) < 4.78 is 15.2. The van der Waals surface area contributed by atoms with Crippen LogP contribution in [-0.2, 0) is 0 Å². The lowest BCUT2D eigenvalue weighted by atomic mass is 9.87. The fourth-order valence-corrected chi connectivity index (χ4v) is 3.19. The van der Waals surface area contributed by atoms with Crippen molar-refractivity contribution in [2.75, 3.05) is 19.7 Å². The molecule has 0 bridgehead atoms. The number of likely N-dealkylation sites (tertiary alicyclic amines) is 1. The van der Waals surface area contributed by atoms with E-state index in [1.54, 1.807) is 6.07 Å². The van der Waals surface area contributed by atoms with Gasteiger partial charge in [0.25, 0.3) is 5.91 Å². The lowest BCUT2D eigenvalue weighted by molar-refractivity contribution is 0.0573. The monoisotopic (exact) mass is 328 g/mol. The summed E-state index contributed by atoms with van der Waals surface area (Å²) in [5.41, 5.74) is 1.06. The van der Waals surface area contributed by atoms with Crippen molar-refractivity contribution < 1.29 is 14.3 Å². The summed E-state index contributed by atoms with van der Waals surface area (Å²) in [6, 6.07) is 12.7. The van der Waals surface area contributed by atoms with Crippen LogP contribution in [0.4, 0.5) is 4.39 Å². The van der Waals surface area contributed by atoms with Gasteiger partial charge in [-0.3, -0.25) is 4.79 Å². The molecule has 2 heterocycles. The van der Waals surface area contributed by atoms with Crippen LogP contribution in [0.25, 0.3) is 0 Å². The topological polar surface area (TPSA) is 53.4 Å². The van der Waals surface area contributed by atoms with Crippen LogP contribution < -0.4 is 0 Å². The average Bonchev–Trinajstić information content (AvgIpc) is 2.96. The first-order chi connectivity index (χ1) is 11.4. The second kappa shape index (κ2) is 6.32. The molecule has 0 saturated carbocycles. The van der Waals surface area contributed by atoms with Gasteiger partial charge in [0.15, 0.2) is 5.67 Å². The van der Waals surface area contributed by atoms with Crippen LogP contribution in [-0.4, -0.2) is 46.3 Å². The number of aromatic nitrogens is 1. The molecule has 4 nitrogen and oxygen atoms in total. The van der Waals surface area contributed by atoms with Crippen molar-refractivity contribution in [3.8, 4) is 0 Å². The fourth-order valence-electron chi connectivity index (χ4n) is 3.19. The first kappa shape index (κ1) is 16.6. The number of carbonyl (C=O) groups excluding carboxylic acids is 1. The molecule has 2 atom stereocenters. The number of carbonyl (C=O) groups is 1. The molecular weight excluding hydrogens is 307 g/mol. The molecule has 1 aliphatic heterocycles. The summed E-state index contributed by atoms with van der Waals surface area (Å²) in [6.07, 6.45) is 0. The molecule has 1 aromatic heterocycles. The van der Waals surface area contributed by atoms with Crippen LogP contribution in [0.15, 0.2) is 42.5 Å². The maximum atomic E-state index is 15.2. The first-order valence-electron chi connectivity index (χ1n) is 8.03. The Morgan fingerprint density at radius 3 is 2.62 bits per heavy atom. The number of aliphatic hydroxyl groups is 1. The predicted molar refractivity (Wildman–Crippen MR) is 89.7 cm³/mol. The molecule has 126 valence electrons. The van der Waals surface area contributed by atoms with E-state index in [1.165, 1.54) is 4.90 Å². The van der Waals surface area contributed by atoms with E-state index in [-0.39, 0.29) is 19.0 Å². The smallest absolute Gasteiger partial charge is 0.272 e. The maximum Gasteiger partial charge on any atom is 0.272 e. The first-order valence-corrected chi connectivity index (χ1v) is 8.03. The summed E-state index contributed by atoms with van der Waals surface area (Å²) in [4.78, 5) is 18.5. The molecule has 2 aromatic rings. The summed E-state index contributed by atoms with van der Waals surface area (Å²) in [7, 11) is 0. The zero-order valence-electron chi connectivity index (χ0n) is 13.9. The SMILES string of the molecule is Cc1ccc(C(=O)N2CC(c3ccccc3)C(F)(CO)C2)nc1C. The number of alkyl halides is 1. The van der Waals surface area contributed by atoms with Crippen molar-refractivity contribution in [3.05, 3.63) is 65.0 Å². The van der Waals surface area contributed by atoms with Gasteiger partial charge >= 0.3 is 0 Å². The van der Waals surface area contributed by atoms with Gasteiger partial charge in [0.05, 0.1) is 13.2 Å². The molecule has 24 heavy (non-hydrogen) atoms. The molecule has 3 rings (SSSR count). The number of halogens is 1. The Morgan fingerprint density at radius 2 is 2.00 bits per heavy atom. The van der Waals surface area contributed by atoms with E-state index in [4.69, 9.17) is 0 Å². The van der Waals surface area contributed by atoms with Gasteiger partial charge in [-0.15, -0.1) is 0 Å². The number of hydrogen-bond donors (Lipinski definition) is 1. The third-order valence-electron chi connectivity index (χ3n) is 4.80. The number of amides is 1. The fraction of sp³-hybridized carbons (Fsp3) is 0.368. The Kier molecular flexibility index (Phi) is 4.37. The van der Waals surface area contributed by atoms with Crippen LogP contribution in [0.3, 0.4) is 0 Å². The van der Waals surface area contributed by atoms with Gasteiger partial charge in [-0.25, -0.2) is 9.37 Å². The molecule has 1 fully saturated rings.